The van der Waals surface area contributed by atoms with Gasteiger partial charge in [0.05, 0.1) is 11.7 Å². The molecule has 1 nitrogen and oxygen atoms in total. The fourth-order valence-corrected chi connectivity index (χ4v) is 1.70. The lowest BCUT2D eigenvalue weighted by Gasteiger charge is -2.42. The zero-order valence-corrected chi connectivity index (χ0v) is 7.60. The summed E-state index contributed by atoms with van der Waals surface area (Å²) in [5.74, 6) is 0. The predicted octanol–water partition coefficient (Wildman–Crippen LogP) is 2.91. The summed E-state index contributed by atoms with van der Waals surface area (Å²) in [4.78, 5) is 0. The highest BCUT2D eigenvalue weighted by atomic mass is 16.5. The fourth-order valence-electron chi connectivity index (χ4n) is 1.70. The van der Waals surface area contributed by atoms with E-state index in [0.717, 1.165) is 6.42 Å². The van der Waals surface area contributed by atoms with Crippen LogP contribution in [0.4, 0.5) is 0 Å². The minimum absolute atomic E-state index is 0.177. The Morgan fingerprint density at radius 1 is 1.55 bits per heavy atom. The lowest BCUT2D eigenvalue weighted by Crippen LogP contribution is -2.41. The van der Waals surface area contributed by atoms with E-state index in [4.69, 9.17) is 4.74 Å². The van der Waals surface area contributed by atoms with E-state index in [0.29, 0.717) is 6.10 Å². The van der Waals surface area contributed by atoms with E-state index < -0.39 is 0 Å². The maximum atomic E-state index is 5.84. The first kappa shape index (κ1) is 8.79. The predicted molar refractivity (Wildman–Crippen MR) is 47.6 cm³/mol. The van der Waals surface area contributed by atoms with Crippen molar-refractivity contribution in [1.29, 1.82) is 0 Å². The second-order valence-electron chi connectivity index (χ2n) is 3.70. The Morgan fingerprint density at radius 3 is 2.45 bits per heavy atom. The highest BCUT2D eigenvalue weighted by Crippen LogP contribution is 2.39. The maximum absolute atomic E-state index is 5.84. The van der Waals surface area contributed by atoms with Crippen LogP contribution in [0.15, 0.2) is 12.7 Å². The second-order valence-corrected chi connectivity index (χ2v) is 3.70. The van der Waals surface area contributed by atoms with Gasteiger partial charge in [-0.2, -0.15) is 0 Å². The van der Waals surface area contributed by atoms with Crippen LogP contribution in [0, 0.1) is 0 Å². The normalized spacial score (nSPS) is 21.4. The van der Waals surface area contributed by atoms with Crippen molar-refractivity contribution < 1.29 is 4.74 Å². The average Bonchev–Trinajstić information content (AvgIpc) is 1.82. The number of ether oxygens (including phenoxy) is 1. The molecule has 1 rings (SSSR count). The molecule has 11 heavy (non-hydrogen) atoms. The molecule has 1 saturated carbocycles. The largest absolute Gasteiger partial charge is 0.372 e. The molecule has 64 valence electrons. The Bertz CT molecular complexity index is 134. The summed E-state index contributed by atoms with van der Waals surface area (Å²) in [5, 5.41) is 0. The van der Waals surface area contributed by atoms with Crippen LogP contribution in [0.2, 0.25) is 0 Å². The molecule has 0 heterocycles. The molecule has 1 heteroatoms. The maximum Gasteiger partial charge on any atom is 0.0720 e. The van der Waals surface area contributed by atoms with Gasteiger partial charge in [0.2, 0.25) is 0 Å². The summed E-state index contributed by atoms with van der Waals surface area (Å²) in [7, 11) is 0. The van der Waals surface area contributed by atoms with Gasteiger partial charge in [-0.25, -0.2) is 0 Å². The van der Waals surface area contributed by atoms with Crippen LogP contribution in [0.1, 0.15) is 39.5 Å². The Balaban J connectivity index is 2.39. The molecule has 0 aromatic heterocycles. The summed E-state index contributed by atoms with van der Waals surface area (Å²) < 4.78 is 5.84. The van der Waals surface area contributed by atoms with Crippen molar-refractivity contribution >= 4 is 0 Å². The Morgan fingerprint density at radius 2 is 2.18 bits per heavy atom. The van der Waals surface area contributed by atoms with Gasteiger partial charge in [0.1, 0.15) is 0 Å². The van der Waals surface area contributed by atoms with E-state index in [1.165, 1.54) is 19.3 Å². The van der Waals surface area contributed by atoms with Gasteiger partial charge in [-0.05, 0) is 39.5 Å². The molecule has 0 amide bonds. The monoisotopic (exact) mass is 154 g/mol. The van der Waals surface area contributed by atoms with Gasteiger partial charge >= 0.3 is 0 Å². The van der Waals surface area contributed by atoms with E-state index >= 15 is 0 Å². The molecule has 0 unspecified atom stereocenters. The summed E-state index contributed by atoms with van der Waals surface area (Å²) in [6.45, 7) is 7.96. The molecular weight excluding hydrogens is 136 g/mol. The van der Waals surface area contributed by atoms with Crippen LogP contribution in [0.5, 0.6) is 0 Å². The van der Waals surface area contributed by atoms with Gasteiger partial charge < -0.3 is 4.74 Å². The Kier molecular flexibility index (Phi) is 2.72. The van der Waals surface area contributed by atoms with Crippen LogP contribution in [0.25, 0.3) is 0 Å². The second kappa shape index (κ2) is 3.40. The Labute approximate surface area is 69.4 Å². The first-order chi connectivity index (χ1) is 5.18. The lowest BCUT2D eigenvalue weighted by atomic mass is 9.77. The summed E-state index contributed by atoms with van der Waals surface area (Å²) in [6.07, 6.45) is 7.11. The van der Waals surface area contributed by atoms with Gasteiger partial charge in [0.25, 0.3) is 0 Å². The Hall–Kier alpha value is -0.300. The molecule has 0 N–H and O–H groups in total. The number of hydrogen-bond donors (Lipinski definition) is 0. The van der Waals surface area contributed by atoms with Crippen molar-refractivity contribution in [1.82, 2.24) is 0 Å². The van der Waals surface area contributed by atoms with Gasteiger partial charge in [-0.3, -0.25) is 0 Å². The molecule has 0 atom stereocenters. The summed E-state index contributed by atoms with van der Waals surface area (Å²) in [6, 6.07) is 0. The molecule has 1 aliphatic carbocycles. The van der Waals surface area contributed by atoms with Crippen molar-refractivity contribution in [2.75, 3.05) is 0 Å². The van der Waals surface area contributed by atoms with Crippen molar-refractivity contribution in [3.63, 3.8) is 0 Å². The standard InChI is InChI=1S/C10H18O/c1-4-6-10(7-5-8-10)11-9(2)3/h4,9H,1,5-8H2,2-3H3. The quantitative estimate of drug-likeness (QED) is 0.566. The summed E-state index contributed by atoms with van der Waals surface area (Å²) >= 11 is 0. The topological polar surface area (TPSA) is 9.23 Å². The average molecular weight is 154 g/mol. The molecule has 0 saturated heterocycles. The SMILES string of the molecule is C=CCC1(OC(C)C)CCC1. The van der Waals surface area contributed by atoms with E-state index in [2.05, 4.69) is 20.4 Å². The van der Waals surface area contributed by atoms with E-state index in [-0.39, 0.29) is 5.60 Å². The van der Waals surface area contributed by atoms with Gasteiger partial charge in [0.15, 0.2) is 0 Å². The van der Waals surface area contributed by atoms with E-state index in [1.807, 2.05) is 6.08 Å². The van der Waals surface area contributed by atoms with Crippen LogP contribution in [-0.4, -0.2) is 11.7 Å². The lowest BCUT2D eigenvalue weighted by molar-refractivity contribution is -0.125. The first-order valence-electron chi connectivity index (χ1n) is 4.47. The molecule has 0 radical (unpaired) electrons. The van der Waals surface area contributed by atoms with Crippen molar-refractivity contribution in [2.24, 2.45) is 0 Å². The molecule has 0 spiro atoms. The summed E-state index contributed by atoms with van der Waals surface area (Å²) in [5.41, 5.74) is 0.177. The van der Waals surface area contributed by atoms with Gasteiger partial charge in [-0.15, -0.1) is 6.58 Å². The zero-order valence-electron chi connectivity index (χ0n) is 7.60. The number of rotatable bonds is 4. The molecule has 0 bridgehead atoms. The molecule has 0 aromatic rings. The highest BCUT2D eigenvalue weighted by Gasteiger charge is 2.37. The third-order valence-corrected chi connectivity index (χ3v) is 2.27. The smallest absolute Gasteiger partial charge is 0.0720 e. The van der Waals surface area contributed by atoms with Crippen molar-refractivity contribution in [2.45, 2.75) is 51.2 Å². The number of hydrogen-bond acceptors (Lipinski definition) is 1. The molecule has 1 fully saturated rings. The van der Waals surface area contributed by atoms with Crippen molar-refractivity contribution in [3.8, 4) is 0 Å². The minimum Gasteiger partial charge on any atom is -0.372 e. The van der Waals surface area contributed by atoms with E-state index in [9.17, 15) is 0 Å². The third-order valence-electron chi connectivity index (χ3n) is 2.27. The van der Waals surface area contributed by atoms with Crippen LogP contribution in [-0.2, 0) is 4.74 Å². The zero-order chi connectivity index (χ0) is 8.32. The first-order valence-corrected chi connectivity index (χ1v) is 4.47. The third kappa shape index (κ3) is 2.06. The van der Waals surface area contributed by atoms with Gasteiger partial charge in [0, 0.05) is 0 Å². The molecule has 1 aliphatic rings. The molecule has 0 aromatic carbocycles. The molecule has 0 aliphatic heterocycles. The van der Waals surface area contributed by atoms with Crippen LogP contribution < -0.4 is 0 Å². The van der Waals surface area contributed by atoms with Crippen LogP contribution >= 0.6 is 0 Å². The molecular formula is C10H18O. The van der Waals surface area contributed by atoms with Gasteiger partial charge in [-0.1, -0.05) is 6.08 Å². The van der Waals surface area contributed by atoms with Crippen LogP contribution in [0.3, 0.4) is 0 Å². The minimum atomic E-state index is 0.177. The van der Waals surface area contributed by atoms with E-state index in [1.54, 1.807) is 0 Å². The fraction of sp³-hybridized carbons (Fsp3) is 0.800. The van der Waals surface area contributed by atoms with Crippen molar-refractivity contribution in [3.05, 3.63) is 12.7 Å². The highest BCUT2D eigenvalue weighted by molar-refractivity contribution is 4.95.